The van der Waals surface area contributed by atoms with Crippen molar-refractivity contribution in [3.8, 4) is 5.75 Å². The second kappa shape index (κ2) is 3.46. The zero-order chi connectivity index (χ0) is 11.0. The summed E-state index contributed by atoms with van der Waals surface area (Å²) in [5.41, 5.74) is 2.53. The van der Waals surface area contributed by atoms with Gasteiger partial charge in [-0.15, -0.1) is 0 Å². The highest BCUT2D eigenvalue weighted by atomic mass is 16.3. The van der Waals surface area contributed by atoms with E-state index >= 15 is 0 Å². The Bertz CT molecular complexity index is 413. The summed E-state index contributed by atoms with van der Waals surface area (Å²) in [5, 5.41) is 15.3. The highest BCUT2D eigenvalue weighted by Crippen LogP contribution is 2.36. The molecule has 80 valence electrons. The van der Waals surface area contributed by atoms with Gasteiger partial charge in [-0.05, 0) is 17.5 Å². The van der Waals surface area contributed by atoms with Crippen LogP contribution in [-0.4, -0.2) is 17.6 Å². The molecule has 0 aromatic heterocycles. The number of amides is 1. The summed E-state index contributed by atoms with van der Waals surface area (Å²) in [6, 6.07) is 3.32. The van der Waals surface area contributed by atoms with Gasteiger partial charge in [0, 0.05) is 6.07 Å². The molecule has 1 amide bonds. The Hall–Kier alpha value is -1.71. The molecule has 1 aliphatic rings. The fraction of sp³-hybridized carbons (Fsp3) is 0.364. The van der Waals surface area contributed by atoms with Crippen molar-refractivity contribution in [3.05, 3.63) is 17.7 Å². The van der Waals surface area contributed by atoms with Crippen LogP contribution < -0.4 is 10.6 Å². The Labute approximate surface area is 88.3 Å². The molecule has 1 aliphatic heterocycles. The van der Waals surface area contributed by atoms with E-state index in [2.05, 4.69) is 10.6 Å². The van der Waals surface area contributed by atoms with Crippen LogP contribution in [0, 0.1) is 0 Å². The number of phenolic OH excluding ortho intramolecular Hbond substituents is 1. The lowest BCUT2D eigenvalue weighted by Gasteiger charge is -2.23. The van der Waals surface area contributed by atoms with Gasteiger partial charge in [0.1, 0.15) is 5.75 Å². The number of aromatic hydroxyl groups is 1. The molecule has 4 heteroatoms. The predicted octanol–water partition coefficient (Wildman–Crippen LogP) is 1.88. The van der Waals surface area contributed by atoms with E-state index in [0.29, 0.717) is 0 Å². The predicted molar refractivity (Wildman–Crippen MR) is 59.3 cm³/mol. The van der Waals surface area contributed by atoms with Gasteiger partial charge in [0.05, 0.1) is 17.9 Å². The van der Waals surface area contributed by atoms with Crippen LogP contribution in [0.3, 0.4) is 0 Å². The molecule has 0 bridgehead atoms. The Balaban J connectivity index is 2.55. The Kier molecular flexibility index (Phi) is 2.26. The van der Waals surface area contributed by atoms with Crippen molar-refractivity contribution in [1.29, 1.82) is 0 Å². The average Bonchev–Trinajstić information content (AvgIpc) is 2.17. The van der Waals surface area contributed by atoms with Crippen LogP contribution in [0.15, 0.2) is 12.1 Å². The average molecular weight is 206 g/mol. The zero-order valence-corrected chi connectivity index (χ0v) is 8.79. The van der Waals surface area contributed by atoms with E-state index in [1.807, 2.05) is 13.8 Å². The largest absolute Gasteiger partial charge is 0.508 e. The van der Waals surface area contributed by atoms with Gasteiger partial charge in [-0.2, -0.15) is 0 Å². The number of hydrogen-bond donors (Lipinski definition) is 3. The summed E-state index contributed by atoms with van der Waals surface area (Å²) in [7, 11) is 0. The maximum absolute atomic E-state index is 11.2. The summed E-state index contributed by atoms with van der Waals surface area (Å²) in [5.74, 6) is 0.433. The van der Waals surface area contributed by atoms with Gasteiger partial charge >= 0.3 is 0 Å². The first-order chi connectivity index (χ1) is 7.08. The van der Waals surface area contributed by atoms with Crippen molar-refractivity contribution in [2.75, 3.05) is 17.2 Å². The molecule has 1 aromatic carbocycles. The van der Waals surface area contributed by atoms with E-state index in [4.69, 9.17) is 0 Å². The number of rotatable bonds is 1. The number of carbonyl (C=O) groups is 1. The molecule has 3 N–H and O–H groups in total. The van der Waals surface area contributed by atoms with Crippen LogP contribution in [0.25, 0.3) is 0 Å². The molecule has 4 nitrogen and oxygen atoms in total. The molecule has 0 saturated heterocycles. The van der Waals surface area contributed by atoms with Crippen LogP contribution in [-0.2, 0) is 4.79 Å². The number of hydrogen-bond acceptors (Lipinski definition) is 3. The maximum atomic E-state index is 11.2. The van der Waals surface area contributed by atoms with Crippen LogP contribution in [0.4, 0.5) is 11.4 Å². The molecule has 0 aliphatic carbocycles. The van der Waals surface area contributed by atoms with Gasteiger partial charge in [-0.3, -0.25) is 4.79 Å². The molecule has 1 heterocycles. The summed E-state index contributed by atoms with van der Waals surface area (Å²) in [6.45, 7) is 4.31. The van der Waals surface area contributed by atoms with Crippen molar-refractivity contribution < 1.29 is 9.90 Å². The van der Waals surface area contributed by atoms with Gasteiger partial charge < -0.3 is 15.7 Å². The van der Waals surface area contributed by atoms with Gasteiger partial charge in [-0.25, -0.2) is 0 Å². The smallest absolute Gasteiger partial charge is 0.243 e. The summed E-state index contributed by atoms with van der Waals surface area (Å²) in [4.78, 5) is 11.2. The molecule has 0 atom stereocenters. The van der Waals surface area contributed by atoms with E-state index in [1.54, 1.807) is 12.1 Å². The lowest BCUT2D eigenvalue weighted by atomic mass is 9.98. The van der Waals surface area contributed by atoms with Crippen molar-refractivity contribution in [1.82, 2.24) is 0 Å². The first-order valence-corrected chi connectivity index (χ1v) is 4.98. The second-order valence-corrected chi connectivity index (χ2v) is 4.01. The number of anilines is 2. The van der Waals surface area contributed by atoms with E-state index in [-0.39, 0.29) is 24.1 Å². The fourth-order valence-electron chi connectivity index (χ4n) is 1.74. The Morgan fingerprint density at radius 3 is 2.80 bits per heavy atom. The highest BCUT2D eigenvalue weighted by molar-refractivity contribution is 6.01. The standard InChI is InChI=1S/C11H14N2O2/c1-6(2)8-3-7(14)4-9-11(8)13-10(15)5-12-9/h3-4,6,12,14H,5H2,1-2H3,(H,13,15). The minimum atomic E-state index is -0.0462. The number of phenols is 1. The normalized spacial score (nSPS) is 14.5. The number of benzene rings is 1. The molecule has 0 unspecified atom stereocenters. The Morgan fingerprint density at radius 1 is 1.40 bits per heavy atom. The van der Waals surface area contributed by atoms with Crippen LogP contribution in [0.5, 0.6) is 5.75 Å². The lowest BCUT2D eigenvalue weighted by molar-refractivity contribution is -0.114. The van der Waals surface area contributed by atoms with Gasteiger partial charge in [0.15, 0.2) is 0 Å². The van der Waals surface area contributed by atoms with Gasteiger partial charge in [0.2, 0.25) is 5.91 Å². The monoisotopic (exact) mass is 206 g/mol. The van der Waals surface area contributed by atoms with Gasteiger partial charge in [-0.1, -0.05) is 13.8 Å². The molecule has 1 aromatic rings. The fourth-order valence-corrected chi connectivity index (χ4v) is 1.74. The zero-order valence-electron chi connectivity index (χ0n) is 8.79. The van der Waals surface area contributed by atoms with Crippen molar-refractivity contribution in [2.24, 2.45) is 0 Å². The summed E-state index contributed by atoms with van der Waals surface area (Å²) < 4.78 is 0. The van der Waals surface area contributed by atoms with Gasteiger partial charge in [0.25, 0.3) is 0 Å². The summed E-state index contributed by atoms with van der Waals surface area (Å²) >= 11 is 0. The lowest BCUT2D eigenvalue weighted by Crippen LogP contribution is -2.28. The topological polar surface area (TPSA) is 61.4 Å². The second-order valence-electron chi connectivity index (χ2n) is 4.01. The van der Waals surface area contributed by atoms with Crippen molar-refractivity contribution in [3.63, 3.8) is 0 Å². The molecule has 0 radical (unpaired) electrons. The summed E-state index contributed by atoms with van der Waals surface area (Å²) in [6.07, 6.45) is 0. The SMILES string of the molecule is CC(C)c1cc(O)cc2c1NC(=O)CN2. The molecule has 15 heavy (non-hydrogen) atoms. The van der Waals surface area contributed by atoms with Crippen LogP contribution in [0.1, 0.15) is 25.3 Å². The third kappa shape index (κ3) is 1.75. The minimum absolute atomic E-state index is 0.0462. The van der Waals surface area contributed by atoms with Crippen molar-refractivity contribution >= 4 is 17.3 Å². The van der Waals surface area contributed by atoms with Crippen molar-refractivity contribution in [2.45, 2.75) is 19.8 Å². The maximum Gasteiger partial charge on any atom is 0.243 e. The van der Waals surface area contributed by atoms with Crippen LogP contribution >= 0.6 is 0 Å². The first kappa shape index (κ1) is 9.83. The molecule has 0 fully saturated rings. The van der Waals surface area contributed by atoms with E-state index in [0.717, 1.165) is 16.9 Å². The van der Waals surface area contributed by atoms with Crippen LogP contribution in [0.2, 0.25) is 0 Å². The Morgan fingerprint density at radius 2 is 2.13 bits per heavy atom. The highest BCUT2D eigenvalue weighted by Gasteiger charge is 2.19. The number of fused-ring (bicyclic) bond motifs is 1. The third-order valence-electron chi connectivity index (χ3n) is 2.48. The molecular formula is C11H14N2O2. The molecule has 0 saturated carbocycles. The molecular weight excluding hydrogens is 192 g/mol. The van der Waals surface area contributed by atoms with E-state index in [1.165, 1.54) is 0 Å². The first-order valence-electron chi connectivity index (χ1n) is 4.98. The third-order valence-corrected chi connectivity index (χ3v) is 2.48. The number of carbonyl (C=O) groups excluding carboxylic acids is 1. The number of nitrogens with one attached hydrogen (secondary N) is 2. The molecule has 0 spiro atoms. The van der Waals surface area contributed by atoms with E-state index < -0.39 is 0 Å². The van der Waals surface area contributed by atoms with E-state index in [9.17, 15) is 9.90 Å². The quantitative estimate of drug-likeness (QED) is 0.615. The molecule has 2 rings (SSSR count). The minimum Gasteiger partial charge on any atom is -0.508 e.